The number of benzene rings is 1. The molecule has 0 bridgehead atoms. The molecule has 1 aromatic heterocycles. The molecule has 6 nitrogen and oxygen atoms in total. The smallest absolute Gasteiger partial charge is 0.271 e. The number of hydrogen-bond donors (Lipinski definition) is 2. The molecule has 1 aromatic carbocycles. The van der Waals surface area contributed by atoms with Gasteiger partial charge in [-0.2, -0.15) is 5.10 Å². The van der Waals surface area contributed by atoms with E-state index in [0.29, 0.717) is 6.54 Å². The highest BCUT2D eigenvalue weighted by atomic mass is 16.2. The first-order valence-corrected chi connectivity index (χ1v) is 9.14. The molecule has 6 heteroatoms. The van der Waals surface area contributed by atoms with Crippen molar-refractivity contribution in [2.75, 3.05) is 13.1 Å². The van der Waals surface area contributed by atoms with Gasteiger partial charge in [0.05, 0.1) is 0 Å². The van der Waals surface area contributed by atoms with Gasteiger partial charge in [0, 0.05) is 32.2 Å². The van der Waals surface area contributed by atoms with Crippen molar-refractivity contribution in [1.82, 2.24) is 20.4 Å². The Balaban J connectivity index is 1.64. The minimum atomic E-state index is -0.322. The summed E-state index contributed by atoms with van der Waals surface area (Å²) in [6.45, 7) is 8.20. The zero-order valence-corrected chi connectivity index (χ0v) is 15.4. The predicted octanol–water partition coefficient (Wildman–Crippen LogP) is 2.18. The minimum absolute atomic E-state index is 0.209. The van der Waals surface area contributed by atoms with Crippen molar-refractivity contribution in [3.05, 3.63) is 63.6 Å². The van der Waals surface area contributed by atoms with Crippen molar-refractivity contribution in [3.8, 4) is 0 Å². The van der Waals surface area contributed by atoms with Gasteiger partial charge in [0.25, 0.3) is 11.5 Å². The zero-order chi connectivity index (χ0) is 18.5. The van der Waals surface area contributed by atoms with Gasteiger partial charge in [-0.05, 0) is 35.4 Å². The average Bonchev–Trinajstić information content (AvgIpc) is 2.60. The van der Waals surface area contributed by atoms with Gasteiger partial charge in [0.15, 0.2) is 0 Å². The lowest BCUT2D eigenvalue weighted by Crippen LogP contribution is -2.38. The molecule has 138 valence electrons. The van der Waals surface area contributed by atoms with E-state index >= 15 is 0 Å². The molecule has 0 radical (unpaired) electrons. The van der Waals surface area contributed by atoms with Crippen LogP contribution in [0.4, 0.5) is 0 Å². The second kappa shape index (κ2) is 8.27. The first-order valence-electron chi connectivity index (χ1n) is 9.14. The Bertz CT molecular complexity index is 787. The molecule has 3 rings (SSSR count). The number of aromatic amines is 1. The molecular formula is C20H26N4O2. The fraction of sp³-hybridized carbons (Fsp3) is 0.450. The van der Waals surface area contributed by atoms with Crippen LogP contribution in [0.1, 0.15) is 41.9 Å². The molecule has 0 saturated carbocycles. The van der Waals surface area contributed by atoms with E-state index in [-0.39, 0.29) is 17.2 Å². The Morgan fingerprint density at radius 1 is 1.15 bits per heavy atom. The Morgan fingerprint density at radius 3 is 2.50 bits per heavy atom. The third kappa shape index (κ3) is 4.79. The van der Waals surface area contributed by atoms with Gasteiger partial charge in [0.2, 0.25) is 0 Å². The van der Waals surface area contributed by atoms with Crippen LogP contribution >= 0.6 is 0 Å². The highest BCUT2D eigenvalue weighted by Gasteiger charge is 2.22. The largest absolute Gasteiger partial charge is 0.347 e. The summed E-state index contributed by atoms with van der Waals surface area (Å²) in [5, 5.41) is 8.93. The fourth-order valence-corrected chi connectivity index (χ4v) is 3.78. The van der Waals surface area contributed by atoms with Crippen LogP contribution in [-0.4, -0.2) is 34.1 Å². The third-order valence-electron chi connectivity index (χ3n) is 4.81. The van der Waals surface area contributed by atoms with Gasteiger partial charge in [-0.1, -0.05) is 38.1 Å². The van der Waals surface area contributed by atoms with E-state index < -0.39 is 0 Å². The molecule has 2 aromatic rings. The molecule has 1 fully saturated rings. The molecule has 0 spiro atoms. The van der Waals surface area contributed by atoms with Crippen LogP contribution in [0.25, 0.3) is 0 Å². The van der Waals surface area contributed by atoms with Crippen molar-refractivity contribution in [2.24, 2.45) is 11.8 Å². The molecule has 26 heavy (non-hydrogen) atoms. The van der Waals surface area contributed by atoms with Crippen molar-refractivity contribution in [3.63, 3.8) is 0 Å². The Hall–Kier alpha value is -2.47. The highest BCUT2D eigenvalue weighted by molar-refractivity contribution is 5.91. The van der Waals surface area contributed by atoms with Crippen molar-refractivity contribution < 1.29 is 4.79 Å². The molecule has 2 atom stereocenters. The molecule has 1 aliphatic heterocycles. The number of carbonyl (C=O) groups is 1. The van der Waals surface area contributed by atoms with Gasteiger partial charge in [-0.3, -0.25) is 14.5 Å². The van der Waals surface area contributed by atoms with Gasteiger partial charge in [0.1, 0.15) is 5.69 Å². The van der Waals surface area contributed by atoms with Crippen LogP contribution in [0, 0.1) is 11.8 Å². The number of likely N-dealkylation sites (tertiary alicyclic amines) is 1. The zero-order valence-electron chi connectivity index (χ0n) is 15.4. The van der Waals surface area contributed by atoms with E-state index in [1.165, 1.54) is 24.1 Å². The summed E-state index contributed by atoms with van der Waals surface area (Å²) in [5.41, 5.74) is 2.23. The summed E-state index contributed by atoms with van der Waals surface area (Å²) in [4.78, 5) is 25.8. The van der Waals surface area contributed by atoms with Crippen molar-refractivity contribution >= 4 is 5.91 Å². The summed E-state index contributed by atoms with van der Waals surface area (Å²) >= 11 is 0. The second-order valence-electron chi connectivity index (χ2n) is 7.40. The molecule has 0 unspecified atom stereocenters. The number of rotatable bonds is 5. The number of aromatic nitrogens is 2. The number of amides is 1. The van der Waals surface area contributed by atoms with E-state index in [1.54, 1.807) is 0 Å². The number of piperidine rings is 1. The molecule has 1 saturated heterocycles. The van der Waals surface area contributed by atoms with E-state index in [1.807, 2.05) is 18.2 Å². The quantitative estimate of drug-likeness (QED) is 0.863. The third-order valence-corrected chi connectivity index (χ3v) is 4.81. The van der Waals surface area contributed by atoms with Crippen LogP contribution in [0.5, 0.6) is 0 Å². The molecule has 1 aliphatic rings. The lowest BCUT2D eigenvalue weighted by Gasteiger charge is -2.35. The van der Waals surface area contributed by atoms with Crippen LogP contribution < -0.4 is 10.9 Å². The van der Waals surface area contributed by atoms with Crippen LogP contribution in [0.2, 0.25) is 0 Å². The van der Waals surface area contributed by atoms with Crippen molar-refractivity contribution in [1.29, 1.82) is 0 Å². The van der Waals surface area contributed by atoms with E-state index in [4.69, 9.17) is 0 Å². The molecule has 0 aliphatic carbocycles. The van der Waals surface area contributed by atoms with Crippen molar-refractivity contribution in [2.45, 2.75) is 33.4 Å². The topological polar surface area (TPSA) is 78.1 Å². The lowest BCUT2D eigenvalue weighted by atomic mass is 9.91. The summed E-state index contributed by atoms with van der Waals surface area (Å²) in [5.74, 6) is 1.14. The minimum Gasteiger partial charge on any atom is -0.347 e. The molecular weight excluding hydrogens is 328 g/mol. The van der Waals surface area contributed by atoms with Crippen LogP contribution in [0.3, 0.4) is 0 Å². The lowest BCUT2D eigenvalue weighted by molar-refractivity contribution is 0.0944. The summed E-state index contributed by atoms with van der Waals surface area (Å²) in [6.07, 6.45) is 1.29. The first-order chi connectivity index (χ1) is 12.5. The van der Waals surface area contributed by atoms with Gasteiger partial charge < -0.3 is 5.32 Å². The van der Waals surface area contributed by atoms with Gasteiger partial charge in [-0.15, -0.1) is 0 Å². The molecule has 1 amide bonds. The Kier molecular flexibility index (Phi) is 5.83. The van der Waals surface area contributed by atoms with E-state index in [9.17, 15) is 9.59 Å². The van der Waals surface area contributed by atoms with Crippen LogP contribution in [0.15, 0.2) is 41.2 Å². The maximum atomic E-state index is 12.2. The van der Waals surface area contributed by atoms with Crippen LogP contribution in [-0.2, 0) is 13.1 Å². The maximum Gasteiger partial charge on any atom is 0.271 e. The number of H-pyrrole nitrogens is 1. The second-order valence-corrected chi connectivity index (χ2v) is 7.40. The first kappa shape index (κ1) is 18.3. The summed E-state index contributed by atoms with van der Waals surface area (Å²) in [6, 6.07) is 10.9. The number of nitrogens with zero attached hydrogens (tertiary/aromatic N) is 2. The normalized spacial score (nSPS) is 20.7. The SMILES string of the molecule is C[C@@H]1C[C@@H](C)CN(Cc2ccccc2CNC(=O)c2ccc(=O)[nH]n2)C1. The Labute approximate surface area is 153 Å². The monoisotopic (exact) mass is 354 g/mol. The van der Waals surface area contributed by atoms with Gasteiger partial charge in [-0.25, -0.2) is 5.10 Å². The maximum absolute atomic E-state index is 12.2. The Morgan fingerprint density at radius 2 is 1.85 bits per heavy atom. The number of hydrogen-bond acceptors (Lipinski definition) is 4. The van der Waals surface area contributed by atoms with E-state index in [0.717, 1.165) is 37.0 Å². The highest BCUT2D eigenvalue weighted by Crippen LogP contribution is 2.23. The van der Waals surface area contributed by atoms with E-state index in [2.05, 4.69) is 40.3 Å². The number of carbonyl (C=O) groups excluding carboxylic acids is 1. The predicted molar refractivity (Wildman–Crippen MR) is 101 cm³/mol. The fourth-order valence-electron chi connectivity index (χ4n) is 3.78. The molecule has 2 N–H and O–H groups in total. The van der Waals surface area contributed by atoms with Gasteiger partial charge >= 0.3 is 0 Å². The average molecular weight is 354 g/mol. The summed E-state index contributed by atoms with van der Waals surface area (Å²) < 4.78 is 0. The molecule has 2 heterocycles. The summed E-state index contributed by atoms with van der Waals surface area (Å²) in [7, 11) is 0. The standard InChI is InChI=1S/C20H26N4O2/c1-14-9-15(2)12-24(11-14)13-17-6-4-3-5-16(17)10-21-20(26)18-7-8-19(25)23-22-18/h3-8,14-15H,9-13H2,1-2H3,(H,21,26)(H,23,25)/t14-,15-/m1/s1. The number of nitrogens with one attached hydrogen (secondary N) is 2.